The molecular weight excluding hydrogens is 266 g/mol. The molecule has 21 heavy (non-hydrogen) atoms. The highest BCUT2D eigenvalue weighted by molar-refractivity contribution is 5.74. The predicted molar refractivity (Wildman–Crippen MR) is 74.0 cm³/mol. The molecule has 0 saturated heterocycles. The minimum Gasteiger partial charge on any atom is -0.837 e. The fourth-order valence-corrected chi connectivity index (χ4v) is 2.46. The lowest BCUT2D eigenvalue weighted by Crippen LogP contribution is -2.27. The van der Waals surface area contributed by atoms with E-state index in [0.717, 1.165) is 11.0 Å². The second-order valence-electron chi connectivity index (χ2n) is 4.76. The number of nitrogens with zero attached hydrogens (tertiary/aromatic N) is 5. The quantitative estimate of drug-likeness (QED) is 0.485. The lowest BCUT2D eigenvalue weighted by molar-refractivity contribution is -0.556. The van der Waals surface area contributed by atoms with Crippen LogP contribution in [0.2, 0.25) is 0 Å². The number of aromatic nitrogens is 5. The van der Waals surface area contributed by atoms with E-state index in [1.807, 2.05) is 31.2 Å². The van der Waals surface area contributed by atoms with E-state index in [0.29, 0.717) is 16.9 Å². The Hall–Kier alpha value is -3.02. The molecule has 3 heterocycles. The van der Waals surface area contributed by atoms with Crippen molar-refractivity contribution in [2.24, 2.45) is 0 Å². The number of aryl methyl sites for hydroxylation is 1. The Kier molecular flexibility index (Phi) is 2.38. The minimum absolute atomic E-state index is 0.196. The van der Waals surface area contributed by atoms with Crippen LogP contribution >= 0.6 is 0 Å². The van der Waals surface area contributed by atoms with Crippen molar-refractivity contribution >= 4 is 16.6 Å². The van der Waals surface area contributed by atoms with Gasteiger partial charge in [0.15, 0.2) is 11.2 Å². The largest absolute Gasteiger partial charge is 0.837 e. The van der Waals surface area contributed by atoms with Gasteiger partial charge in [0.05, 0.1) is 11.9 Å². The molecule has 0 spiro atoms. The molecule has 4 rings (SSSR count). The van der Waals surface area contributed by atoms with Gasteiger partial charge in [0.2, 0.25) is 5.52 Å². The van der Waals surface area contributed by atoms with Crippen LogP contribution in [0.15, 0.2) is 48.8 Å². The summed E-state index contributed by atoms with van der Waals surface area (Å²) in [5.74, 6) is -0.196. The summed E-state index contributed by atoms with van der Waals surface area (Å²) in [6, 6.07) is 11.2. The molecule has 0 fully saturated rings. The van der Waals surface area contributed by atoms with Crippen LogP contribution < -0.4 is 9.62 Å². The van der Waals surface area contributed by atoms with Gasteiger partial charge in [0, 0.05) is 6.20 Å². The van der Waals surface area contributed by atoms with Crippen LogP contribution in [-0.2, 0) is 0 Å². The summed E-state index contributed by atoms with van der Waals surface area (Å²) in [7, 11) is 0. The maximum Gasteiger partial charge on any atom is 0.212 e. The summed E-state index contributed by atoms with van der Waals surface area (Å²) in [4.78, 5) is 8.51. The molecule has 0 aliphatic carbocycles. The van der Waals surface area contributed by atoms with Crippen molar-refractivity contribution in [3.63, 3.8) is 0 Å². The van der Waals surface area contributed by atoms with Crippen molar-refractivity contribution in [1.29, 1.82) is 0 Å². The number of benzene rings is 1. The highest BCUT2D eigenvalue weighted by Gasteiger charge is 2.20. The SMILES string of the molecule is Cc1nc2ccccc2[n+]2nn(-c3cccnc3)c([O-])c12. The summed E-state index contributed by atoms with van der Waals surface area (Å²) in [5, 5.41) is 17.0. The molecule has 0 atom stereocenters. The van der Waals surface area contributed by atoms with Gasteiger partial charge in [-0.15, -0.1) is 4.68 Å². The van der Waals surface area contributed by atoms with Crippen LogP contribution in [0.25, 0.3) is 22.2 Å². The van der Waals surface area contributed by atoms with Crippen molar-refractivity contribution in [3.05, 3.63) is 54.5 Å². The Bertz CT molecular complexity index is 962. The van der Waals surface area contributed by atoms with E-state index in [1.165, 1.54) is 4.68 Å². The number of hydrogen-bond donors (Lipinski definition) is 0. The smallest absolute Gasteiger partial charge is 0.212 e. The van der Waals surface area contributed by atoms with E-state index < -0.39 is 0 Å². The van der Waals surface area contributed by atoms with Gasteiger partial charge in [-0.2, -0.15) is 0 Å². The molecule has 1 aromatic carbocycles. The molecule has 0 radical (unpaired) electrons. The zero-order chi connectivity index (χ0) is 14.4. The highest BCUT2D eigenvalue weighted by Crippen LogP contribution is 2.20. The molecule has 0 unspecified atom stereocenters. The van der Waals surface area contributed by atoms with Gasteiger partial charge in [0.1, 0.15) is 16.6 Å². The number of pyridine rings is 1. The van der Waals surface area contributed by atoms with Crippen LogP contribution in [0.4, 0.5) is 0 Å². The molecule has 6 heteroatoms. The van der Waals surface area contributed by atoms with Crippen molar-refractivity contribution in [3.8, 4) is 11.6 Å². The second-order valence-corrected chi connectivity index (χ2v) is 4.76. The third-order valence-electron chi connectivity index (χ3n) is 3.42. The van der Waals surface area contributed by atoms with Crippen LogP contribution in [0.1, 0.15) is 5.69 Å². The molecule has 6 nitrogen and oxygen atoms in total. The maximum absolute atomic E-state index is 12.6. The summed E-state index contributed by atoms with van der Waals surface area (Å²) >= 11 is 0. The molecule has 3 aromatic heterocycles. The van der Waals surface area contributed by atoms with Crippen molar-refractivity contribution in [2.45, 2.75) is 6.92 Å². The van der Waals surface area contributed by atoms with E-state index in [-0.39, 0.29) is 5.88 Å². The topological polar surface area (TPSA) is 70.8 Å². The van der Waals surface area contributed by atoms with E-state index in [1.54, 1.807) is 29.0 Å². The number of fused-ring (bicyclic) bond motifs is 3. The zero-order valence-corrected chi connectivity index (χ0v) is 11.3. The molecular formula is C15H11N5O. The van der Waals surface area contributed by atoms with E-state index >= 15 is 0 Å². The van der Waals surface area contributed by atoms with Gasteiger partial charge in [-0.25, -0.2) is 4.98 Å². The molecule has 0 aliphatic heterocycles. The lowest BCUT2D eigenvalue weighted by atomic mass is 10.2. The third-order valence-corrected chi connectivity index (χ3v) is 3.42. The van der Waals surface area contributed by atoms with Crippen LogP contribution in [0.5, 0.6) is 5.88 Å². The van der Waals surface area contributed by atoms with Crippen LogP contribution in [0, 0.1) is 6.92 Å². The Labute approximate surface area is 119 Å². The molecule has 4 aromatic rings. The van der Waals surface area contributed by atoms with Gasteiger partial charge < -0.3 is 5.11 Å². The summed E-state index contributed by atoms with van der Waals surface area (Å²) in [5.41, 5.74) is 3.39. The summed E-state index contributed by atoms with van der Waals surface area (Å²) in [6.45, 7) is 1.82. The van der Waals surface area contributed by atoms with Crippen molar-refractivity contribution < 1.29 is 9.62 Å². The molecule has 0 saturated carbocycles. The minimum atomic E-state index is -0.196. The van der Waals surface area contributed by atoms with Gasteiger partial charge >= 0.3 is 0 Å². The van der Waals surface area contributed by atoms with Gasteiger partial charge in [-0.3, -0.25) is 4.98 Å². The average molecular weight is 277 g/mol. The second kappa shape index (κ2) is 4.24. The Morgan fingerprint density at radius 3 is 2.81 bits per heavy atom. The van der Waals surface area contributed by atoms with Crippen LogP contribution in [0.3, 0.4) is 0 Å². The first-order valence-electron chi connectivity index (χ1n) is 6.53. The van der Waals surface area contributed by atoms with Gasteiger partial charge in [-0.05, 0) is 31.2 Å². The lowest BCUT2D eigenvalue weighted by Gasteiger charge is -2.01. The molecule has 0 aliphatic rings. The van der Waals surface area contributed by atoms with E-state index in [2.05, 4.69) is 15.2 Å². The van der Waals surface area contributed by atoms with Crippen LogP contribution in [-0.4, -0.2) is 19.9 Å². The van der Waals surface area contributed by atoms with Crippen molar-refractivity contribution in [2.75, 3.05) is 0 Å². The summed E-state index contributed by atoms with van der Waals surface area (Å²) in [6.07, 6.45) is 3.27. The summed E-state index contributed by atoms with van der Waals surface area (Å²) < 4.78 is 3.00. The van der Waals surface area contributed by atoms with Gasteiger partial charge in [-0.1, -0.05) is 16.6 Å². The monoisotopic (exact) mass is 277 g/mol. The first-order valence-corrected chi connectivity index (χ1v) is 6.53. The first-order chi connectivity index (χ1) is 10.3. The fraction of sp³-hybridized carbons (Fsp3) is 0.0667. The highest BCUT2D eigenvalue weighted by atomic mass is 16.3. The van der Waals surface area contributed by atoms with Gasteiger partial charge in [0.25, 0.3) is 0 Å². The van der Waals surface area contributed by atoms with E-state index in [4.69, 9.17) is 0 Å². The third kappa shape index (κ3) is 1.66. The Morgan fingerprint density at radius 2 is 2.00 bits per heavy atom. The Balaban J connectivity index is 2.15. The average Bonchev–Trinajstić information content (AvgIpc) is 2.87. The normalized spacial score (nSPS) is 11.3. The molecule has 0 N–H and O–H groups in total. The number of hydrogen-bond acceptors (Lipinski definition) is 4. The fourth-order valence-electron chi connectivity index (χ4n) is 2.46. The molecule has 102 valence electrons. The Morgan fingerprint density at radius 1 is 1.14 bits per heavy atom. The number of rotatable bonds is 1. The predicted octanol–water partition coefficient (Wildman–Crippen LogP) is 0.936. The molecule has 0 amide bonds. The zero-order valence-electron chi connectivity index (χ0n) is 11.3. The first kappa shape index (κ1) is 11.8. The standard InChI is InChI=1S/C15H11N5O/c1-10-14-15(21)19(11-5-4-8-16-9-11)18-20(14)13-7-3-2-6-12(13)17-10/h2-9H,1H3. The van der Waals surface area contributed by atoms with Crippen molar-refractivity contribution in [1.82, 2.24) is 19.9 Å². The number of para-hydroxylation sites is 2. The van der Waals surface area contributed by atoms with E-state index in [9.17, 15) is 5.11 Å². The maximum atomic E-state index is 12.6. The molecule has 0 bridgehead atoms.